The van der Waals surface area contributed by atoms with E-state index in [1.54, 1.807) is 24.3 Å². The number of hydrogen-bond acceptors (Lipinski definition) is 8. The summed E-state index contributed by atoms with van der Waals surface area (Å²) in [6.45, 7) is 20.9. The molecule has 1 atom stereocenters. The molecule has 0 aliphatic heterocycles. The van der Waals surface area contributed by atoms with Gasteiger partial charge in [0.05, 0.1) is 18.0 Å². The van der Waals surface area contributed by atoms with Gasteiger partial charge in [0, 0.05) is 40.4 Å². The molecule has 15 heteroatoms. The van der Waals surface area contributed by atoms with Crippen LogP contribution in [0.15, 0.2) is 46.9 Å². The van der Waals surface area contributed by atoms with E-state index in [4.69, 9.17) is 23.4 Å². The largest absolute Gasteiger partial charge is 0.484 e. The number of carbonyl (C=O) groups is 1. The number of anilines is 1. The summed E-state index contributed by atoms with van der Waals surface area (Å²) >= 11 is 3.41. The zero-order chi connectivity index (χ0) is 37.6. The number of benzene rings is 2. The molecule has 1 amide bonds. The number of carbonyl (C=O) groups excluding carboxylic acids is 1. The Hall–Kier alpha value is -1.73. The summed E-state index contributed by atoms with van der Waals surface area (Å²) in [6, 6.07) is 17.3. The van der Waals surface area contributed by atoms with Gasteiger partial charge in [-0.3, -0.25) is 4.79 Å². The molecule has 0 spiro atoms. The highest BCUT2D eigenvalue weighted by Crippen LogP contribution is 2.36. The number of nitrogens with zero attached hydrogens (tertiary/aromatic N) is 1. The number of nitrogens with one attached hydrogen (secondary N) is 1. The minimum absolute atomic E-state index is 0.0171. The monoisotopic (exact) mass is 832 g/mol. The summed E-state index contributed by atoms with van der Waals surface area (Å²) in [5.74, 6) is 0.655. The van der Waals surface area contributed by atoms with E-state index in [9.17, 15) is 13.2 Å². The van der Waals surface area contributed by atoms with Gasteiger partial charge in [0.25, 0.3) is 5.91 Å². The average Bonchev–Trinajstić information content (AvgIpc) is 3.03. The van der Waals surface area contributed by atoms with Crippen molar-refractivity contribution in [1.82, 2.24) is 5.32 Å². The Balaban J connectivity index is 2.45. The first kappa shape index (κ1) is 44.4. The van der Waals surface area contributed by atoms with Crippen LogP contribution in [0.25, 0.3) is 0 Å². The van der Waals surface area contributed by atoms with Gasteiger partial charge in [0.1, 0.15) is 18.2 Å². The molecular weight excluding hydrogens is 773 g/mol. The zero-order valence-corrected chi connectivity index (χ0v) is 37.3. The lowest BCUT2D eigenvalue weighted by Crippen LogP contribution is -2.41. The highest BCUT2D eigenvalue weighted by Gasteiger charge is 2.34. The van der Waals surface area contributed by atoms with E-state index in [0.717, 1.165) is 40.3 Å². The Morgan fingerprint density at radius 1 is 0.860 bits per heavy atom. The lowest BCUT2D eigenvalue weighted by atomic mass is 10.1. The van der Waals surface area contributed by atoms with Gasteiger partial charge in [0.2, 0.25) is 10.0 Å². The maximum Gasteiger partial charge on any atom is 0.258 e. The molecular formula is C35H61BrN2O8SSi3. The van der Waals surface area contributed by atoms with Crippen LogP contribution < -0.4 is 19.1 Å². The lowest BCUT2D eigenvalue weighted by molar-refractivity contribution is -0.123. The highest BCUT2D eigenvalue weighted by atomic mass is 79.9. The van der Waals surface area contributed by atoms with Gasteiger partial charge in [-0.15, -0.1) is 0 Å². The molecule has 2 aromatic rings. The standard InChI is InChI=1S/C35H61BrN2O8SSi3/c1-11-50(12-2,13-3)46-34(25-37-35(39)26-44-31-17-15-30(36)16-18-31)29-14-19-33(45-28-43-21-23-49(8,9)10)32(24-29)38(47(4,40)41)27-42-20-22-48(5,6)7/h14-19,24,34H,11-13,20-23,25-28H2,1-10H3,(H,37,39)/t34-/m1/s1. The van der Waals surface area contributed by atoms with Crippen LogP contribution in [-0.2, 0) is 28.7 Å². The van der Waals surface area contributed by atoms with Gasteiger partial charge < -0.3 is 28.7 Å². The van der Waals surface area contributed by atoms with Gasteiger partial charge in [-0.2, -0.15) is 0 Å². The summed E-state index contributed by atoms with van der Waals surface area (Å²) in [4.78, 5) is 13.0. The summed E-state index contributed by atoms with van der Waals surface area (Å²) in [6.07, 6.45) is 0.631. The molecule has 0 radical (unpaired) electrons. The molecule has 0 saturated carbocycles. The fourth-order valence-electron chi connectivity index (χ4n) is 4.93. The van der Waals surface area contributed by atoms with Crippen molar-refractivity contribution in [2.45, 2.75) is 96.4 Å². The van der Waals surface area contributed by atoms with Crippen molar-refractivity contribution in [3.63, 3.8) is 0 Å². The second kappa shape index (κ2) is 20.5. The molecule has 0 unspecified atom stereocenters. The average molecular weight is 834 g/mol. The first-order valence-electron chi connectivity index (χ1n) is 17.5. The van der Waals surface area contributed by atoms with Gasteiger partial charge >= 0.3 is 0 Å². The number of sulfonamides is 1. The molecule has 0 aliphatic carbocycles. The first-order valence-corrected chi connectivity index (χ1v) is 30.1. The third kappa shape index (κ3) is 16.3. The molecule has 284 valence electrons. The summed E-state index contributed by atoms with van der Waals surface area (Å²) < 4.78 is 59.3. The van der Waals surface area contributed by atoms with Crippen LogP contribution in [0.3, 0.4) is 0 Å². The van der Waals surface area contributed by atoms with E-state index < -0.39 is 40.6 Å². The molecule has 0 aliphatic rings. The number of halogens is 1. The van der Waals surface area contributed by atoms with E-state index in [1.807, 2.05) is 18.2 Å². The molecule has 10 nitrogen and oxygen atoms in total. The van der Waals surface area contributed by atoms with E-state index in [1.165, 1.54) is 10.6 Å². The molecule has 0 heterocycles. The van der Waals surface area contributed by atoms with E-state index in [0.29, 0.717) is 30.4 Å². The van der Waals surface area contributed by atoms with Crippen LogP contribution >= 0.6 is 15.9 Å². The summed E-state index contributed by atoms with van der Waals surface area (Å²) in [7, 11) is -8.66. The second-order valence-corrected chi connectivity index (χ2v) is 33.9. The third-order valence-electron chi connectivity index (χ3n) is 8.52. The van der Waals surface area contributed by atoms with Crippen molar-refractivity contribution in [2.24, 2.45) is 0 Å². The Bertz CT molecular complexity index is 1420. The molecule has 0 bridgehead atoms. The third-order valence-corrected chi connectivity index (χ3v) is 18.2. The number of ether oxygens (including phenoxy) is 4. The van der Waals surface area contributed by atoms with Crippen molar-refractivity contribution in [1.29, 1.82) is 0 Å². The molecule has 0 aromatic heterocycles. The maximum atomic E-state index is 13.3. The van der Waals surface area contributed by atoms with E-state index in [-0.39, 0.29) is 32.6 Å². The Labute approximate surface area is 313 Å². The van der Waals surface area contributed by atoms with E-state index in [2.05, 4.69) is 81.3 Å². The van der Waals surface area contributed by atoms with Gasteiger partial charge in [0.15, 0.2) is 21.7 Å². The van der Waals surface area contributed by atoms with Crippen LogP contribution in [0.2, 0.25) is 69.5 Å². The minimum atomic E-state index is -3.78. The van der Waals surface area contributed by atoms with Crippen LogP contribution in [0.5, 0.6) is 11.5 Å². The first-order chi connectivity index (χ1) is 23.3. The van der Waals surface area contributed by atoms with Crippen molar-refractivity contribution in [3.05, 3.63) is 52.5 Å². The van der Waals surface area contributed by atoms with Crippen LogP contribution in [0, 0.1) is 0 Å². The summed E-state index contributed by atoms with van der Waals surface area (Å²) in [5.41, 5.74) is 1.06. The molecule has 1 N–H and O–H groups in total. The smallest absolute Gasteiger partial charge is 0.258 e. The van der Waals surface area contributed by atoms with Crippen molar-refractivity contribution >= 4 is 62.0 Å². The van der Waals surface area contributed by atoms with Crippen molar-refractivity contribution in [3.8, 4) is 11.5 Å². The maximum absolute atomic E-state index is 13.3. The Kier molecular flexibility index (Phi) is 18.2. The molecule has 50 heavy (non-hydrogen) atoms. The van der Waals surface area contributed by atoms with Gasteiger partial charge in [-0.1, -0.05) is 82.0 Å². The lowest BCUT2D eigenvalue weighted by Gasteiger charge is -2.34. The van der Waals surface area contributed by atoms with Gasteiger partial charge in [-0.05, 0) is 72.2 Å². The highest BCUT2D eigenvalue weighted by molar-refractivity contribution is 9.10. The summed E-state index contributed by atoms with van der Waals surface area (Å²) in [5, 5.41) is 2.99. The predicted molar refractivity (Wildman–Crippen MR) is 216 cm³/mol. The normalized spacial score (nSPS) is 13.2. The van der Waals surface area contributed by atoms with Crippen LogP contribution in [-0.4, -0.2) is 84.9 Å². The fourth-order valence-corrected chi connectivity index (χ4v) is 10.3. The fraction of sp³-hybridized carbons (Fsp3) is 0.629. The molecule has 0 saturated heterocycles. The number of hydrogen-bond donors (Lipinski definition) is 1. The molecule has 0 fully saturated rings. The van der Waals surface area contributed by atoms with Crippen molar-refractivity contribution in [2.75, 3.05) is 50.5 Å². The number of amides is 1. The zero-order valence-electron chi connectivity index (χ0n) is 31.9. The topological polar surface area (TPSA) is 113 Å². The second-order valence-electron chi connectivity index (χ2n) is 15.1. The van der Waals surface area contributed by atoms with Crippen LogP contribution in [0.1, 0.15) is 32.4 Å². The van der Waals surface area contributed by atoms with Gasteiger partial charge in [-0.25, -0.2) is 12.7 Å². The molecule has 2 aromatic carbocycles. The van der Waals surface area contributed by atoms with Crippen molar-refractivity contribution < 1.29 is 36.6 Å². The number of rotatable bonds is 24. The van der Waals surface area contributed by atoms with Crippen LogP contribution in [0.4, 0.5) is 5.69 Å². The Morgan fingerprint density at radius 2 is 1.44 bits per heavy atom. The van der Waals surface area contributed by atoms with E-state index >= 15 is 0 Å². The predicted octanol–water partition coefficient (Wildman–Crippen LogP) is 8.48. The Morgan fingerprint density at radius 3 is 1.98 bits per heavy atom. The SMILES string of the molecule is CC[Si](CC)(CC)O[C@H](CNC(=O)COc1ccc(Br)cc1)c1ccc(OCOCC[Si](C)(C)C)c(N(COCC[Si](C)(C)C)S(C)(=O)=O)c1. The minimum Gasteiger partial charge on any atom is -0.484 e. The quantitative estimate of drug-likeness (QED) is 0.0637. The molecule has 2 rings (SSSR count).